The molecular formula is C21H15F5N6O3. The maximum Gasteiger partial charge on any atom is 0.573 e. The molecule has 0 unspecified atom stereocenters. The average Bonchev–Trinajstić information content (AvgIpc) is 3.13. The Morgan fingerprint density at radius 3 is 2.63 bits per heavy atom. The lowest BCUT2D eigenvalue weighted by Crippen LogP contribution is -2.22. The molecule has 35 heavy (non-hydrogen) atoms. The van der Waals surface area contributed by atoms with E-state index in [1.54, 1.807) is 6.92 Å². The summed E-state index contributed by atoms with van der Waals surface area (Å²) in [7, 11) is 0. The molecule has 0 bridgehead atoms. The topological polar surface area (TPSA) is 128 Å². The standard InChI is InChI=1S/C21H15F5N6O3/c1-9-16-17(19(27)29-8-28-16)32(31-9)13-6-5-12(14(22)15(13)23)30-20(34)18(33)10-3-2-4-11(7-10)35-21(24,25)26/h2-8,18,33H,1H3,(H,30,34)(H2,27,28,29)/t18-/m1/s1. The number of anilines is 2. The molecule has 0 radical (unpaired) electrons. The van der Waals surface area contributed by atoms with Crippen LogP contribution in [0, 0.1) is 18.6 Å². The third-order valence-electron chi connectivity index (χ3n) is 4.86. The van der Waals surface area contributed by atoms with Gasteiger partial charge in [-0.3, -0.25) is 4.79 Å². The number of aromatic nitrogens is 4. The highest BCUT2D eigenvalue weighted by atomic mass is 19.4. The number of halogens is 5. The summed E-state index contributed by atoms with van der Waals surface area (Å²) in [6, 6.07) is 6.16. The minimum absolute atomic E-state index is 0.0207. The maximum absolute atomic E-state index is 14.9. The molecule has 0 spiro atoms. The Labute approximate surface area is 193 Å². The van der Waals surface area contributed by atoms with E-state index in [0.29, 0.717) is 11.2 Å². The monoisotopic (exact) mass is 494 g/mol. The van der Waals surface area contributed by atoms with Gasteiger partial charge in [0, 0.05) is 0 Å². The fraction of sp³-hybridized carbons (Fsp3) is 0.143. The number of aliphatic hydroxyl groups excluding tert-OH is 1. The SMILES string of the molecule is Cc1nn(-c2ccc(NC(=O)[C@H](O)c3cccc(OC(F)(F)F)c3)c(F)c2F)c2c(N)ncnc12. The first-order valence-electron chi connectivity index (χ1n) is 9.75. The highest BCUT2D eigenvalue weighted by Gasteiger charge is 2.31. The first-order chi connectivity index (χ1) is 16.5. The summed E-state index contributed by atoms with van der Waals surface area (Å²) in [6.45, 7) is 1.59. The largest absolute Gasteiger partial charge is 0.573 e. The summed E-state index contributed by atoms with van der Waals surface area (Å²) in [5.41, 5.74) is 5.45. The van der Waals surface area contributed by atoms with Gasteiger partial charge >= 0.3 is 6.36 Å². The Morgan fingerprint density at radius 1 is 1.17 bits per heavy atom. The fourth-order valence-corrected chi connectivity index (χ4v) is 3.32. The maximum atomic E-state index is 14.9. The first-order valence-corrected chi connectivity index (χ1v) is 9.75. The Bertz CT molecular complexity index is 1440. The summed E-state index contributed by atoms with van der Waals surface area (Å²) in [6.07, 6.45) is -5.80. The van der Waals surface area contributed by atoms with Crippen LogP contribution in [-0.4, -0.2) is 37.1 Å². The molecule has 182 valence electrons. The average molecular weight is 494 g/mol. The zero-order valence-corrected chi connectivity index (χ0v) is 17.6. The van der Waals surface area contributed by atoms with Crippen LogP contribution in [0.15, 0.2) is 42.7 Å². The van der Waals surface area contributed by atoms with Crippen LogP contribution in [-0.2, 0) is 4.79 Å². The number of amides is 1. The molecule has 9 nitrogen and oxygen atoms in total. The summed E-state index contributed by atoms with van der Waals surface area (Å²) in [5.74, 6) is -4.79. The Balaban J connectivity index is 1.61. The van der Waals surface area contributed by atoms with E-state index < -0.39 is 41.4 Å². The number of aryl methyl sites for hydroxylation is 1. The number of hydrogen-bond acceptors (Lipinski definition) is 7. The smallest absolute Gasteiger partial charge is 0.406 e. The minimum Gasteiger partial charge on any atom is -0.406 e. The number of nitrogen functional groups attached to an aromatic ring is 1. The van der Waals surface area contributed by atoms with Gasteiger partial charge in [-0.15, -0.1) is 13.2 Å². The highest BCUT2D eigenvalue weighted by Crippen LogP contribution is 2.30. The number of nitrogens with zero attached hydrogens (tertiary/aromatic N) is 4. The molecule has 0 aliphatic rings. The summed E-state index contributed by atoms with van der Waals surface area (Å²) >= 11 is 0. The first kappa shape index (κ1) is 23.8. The van der Waals surface area contributed by atoms with Crippen molar-refractivity contribution in [3.63, 3.8) is 0 Å². The van der Waals surface area contributed by atoms with Gasteiger partial charge in [0.1, 0.15) is 28.8 Å². The molecule has 0 aliphatic carbocycles. The molecule has 1 amide bonds. The number of carbonyl (C=O) groups excluding carboxylic acids is 1. The van der Waals surface area contributed by atoms with Gasteiger partial charge in [0.05, 0.1) is 11.4 Å². The van der Waals surface area contributed by atoms with Crippen molar-refractivity contribution in [3.05, 3.63) is 65.6 Å². The molecule has 0 aliphatic heterocycles. The van der Waals surface area contributed by atoms with Crippen molar-refractivity contribution in [2.45, 2.75) is 19.4 Å². The Hall–Kier alpha value is -4.33. The number of nitrogens with one attached hydrogen (secondary N) is 1. The van der Waals surface area contributed by atoms with Crippen molar-refractivity contribution in [3.8, 4) is 11.4 Å². The van der Waals surface area contributed by atoms with Crippen LogP contribution >= 0.6 is 0 Å². The summed E-state index contributed by atoms with van der Waals surface area (Å²) in [5, 5.41) is 16.3. The van der Waals surface area contributed by atoms with Crippen molar-refractivity contribution in [2.24, 2.45) is 0 Å². The number of rotatable bonds is 5. The van der Waals surface area contributed by atoms with E-state index in [1.165, 1.54) is 6.33 Å². The Morgan fingerprint density at radius 2 is 1.91 bits per heavy atom. The van der Waals surface area contributed by atoms with Crippen LogP contribution in [0.1, 0.15) is 17.4 Å². The third-order valence-corrected chi connectivity index (χ3v) is 4.86. The second-order valence-electron chi connectivity index (χ2n) is 7.23. The number of nitrogens with two attached hydrogens (primary N) is 1. The van der Waals surface area contributed by atoms with Gasteiger partial charge in [-0.05, 0) is 36.8 Å². The highest BCUT2D eigenvalue weighted by molar-refractivity contribution is 5.95. The second kappa shape index (κ2) is 8.79. The lowest BCUT2D eigenvalue weighted by molar-refractivity contribution is -0.274. The van der Waals surface area contributed by atoms with Crippen molar-refractivity contribution in [2.75, 3.05) is 11.1 Å². The van der Waals surface area contributed by atoms with Crippen LogP contribution in [0.4, 0.5) is 33.5 Å². The molecule has 1 atom stereocenters. The van der Waals surface area contributed by atoms with E-state index in [2.05, 4.69) is 19.8 Å². The number of ether oxygens (including phenoxy) is 1. The number of hydrogen-bond donors (Lipinski definition) is 3. The molecule has 0 fully saturated rings. The molecule has 2 aromatic heterocycles. The third kappa shape index (κ3) is 4.68. The molecule has 4 rings (SSSR count). The van der Waals surface area contributed by atoms with Gasteiger partial charge in [0.25, 0.3) is 5.91 Å². The van der Waals surface area contributed by atoms with E-state index in [-0.39, 0.29) is 22.6 Å². The molecule has 4 N–H and O–H groups in total. The molecular weight excluding hydrogens is 479 g/mol. The second-order valence-corrected chi connectivity index (χ2v) is 7.23. The minimum atomic E-state index is -4.98. The fourth-order valence-electron chi connectivity index (χ4n) is 3.32. The molecule has 0 saturated heterocycles. The number of aliphatic hydroxyl groups is 1. The molecule has 14 heteroatoms. The zero-order valence-electron chi connectivity index (χ0n) is 17.6. The van der Waals surface area contributed by atoms with Crippen molar-refractivity contribution in [1.29, 1.82) is 0 Å². The van der Waals surface area contributed by atoms with Gasteiger partial charge < -0.3 is 20.9 Å². The van der Waals surface area contributed by atoms with Crippen molar-refractivity contribution >= 4 is 28.4 Å². The van der Waals surface area contributed by atoms with Crippen LogP contribution < -0.4 is 15.8 Å². The van der Waals surface area contributed by atoms with Crippen molar-refractivity contribution < 1.29 is 36.6 Å². The van der Waals surface area contributed by atoms with Gasteiger partial charge in [0.2, 0.25) is 0 Å². The van der Waals surface area contributed by atoms with E-state index in [9.17, 15) is 31.9 Å². The van der Waals surface area contributed by atoms with Gasteiger partial charge in [-0.2, -0.15) is 5.10 Å². The predicted octanol–water partition coefficient (Wildman–Crippen LogP) is 3.56. The van der Waals surface area contributed by atoms with E-state index in [1.807, 2.05) is 5.32 Å². The molecule has 4 aromatic rings. The lowest BCUT2D eigenvalue weighted by atomic mass is 10.1. The normalized spacial score (nSPS) is 12.5. The van der Waals surface area contributed by atoms with Crippen LogP contribution in [0.2, 0.25) is 0 Å². The van der Waals surface area contributed by atoms with Gasteiger partial charge in [-0.25, -0.2) is 23.4 Å². The van der Waals surface area contributed by atoms with E-state index >= 15 is 0 Å². The van der Waals surface area contributed by atoms with E-state index in [0.717, 1.165) is 41.1 Å². The van der Waals surface area contributed by atoms with Crippen LogP contribution in [0.25, 0.3) is 16.7 Å². The number of alkyl halides is 3. The molecule has 2 aromatic carbocycles. The van der Waals surface area contributed by atoms with Gasteiger partial charge in [0.15, 0.2) is 23.6 Å². The Kier molecular flexibility index (Phi) is 5.98. The van der Waals surface area contributed by atoms with Gasteiger partial charge in [-0.1, -0.05) is 12.1 Å². The summed E-state index contributed by atoms with van der Waals surface area (Å²) < 4.78 is 71.7. The number of fused-ring (bicyclic) bond motifs is 1. The molecule has 2 heterocycles. The van der Waals surface area contributed by atoms with Crippen LogP contribution in [0.5, 0.6) is 5.75 Å². The summed E-state index contributed by atoms with van der Waals surface area (Å²) in [4.78, 5) is 20.2. The van der Waals surface area contributed by atoms with Crippen LogP contribution in [0.3, 0.4) is 0 Å². The number of benzene rings is 2. The predicted molar refractivity (Wildman–Crippen MR) is 112 cm³/mol. The quantitative estimate of drug-likeness (QED) is 0.362. The lowest BCUT2D eigenvalue weighted by Gasteiger charge is -2.15. The zero-order chi connectivity index (χ0) is 25.5. The van der Waals surface area contributed by atoms with Crippen molar-refractivity contribution in [1.82, 2.24) is 19.7 Å². The number of carbonyl (C=O) groups is 1. The van der Waals surface area contributed by atoms with E-state index in [4.69, 9.17) is 5.73 Å². The molecule has 0 saturated carbocycles.